The first-order valence-corrected chi connectivity index (χ1v) is 12.1. The van der Waals surface area contributed by atoms with Crippen LogP contribution >= 0.6 is 0 Å². The fraction of sp³-hybridized carbons (Fsp3) is 0.692. The van der Waals surface area contributed by atoms with Crippen molar-refractivity contribution < 1.29 is 19.1 Å². The van der Waals surface area contributed by atoms with Crippen LogP contribution in [0.5, 0.6) is 0 Å². The molecule has 7 atom stereocenters. The summed E-state index contributed by atoms with van der Waals surface area (Å²) in [5.41, 5.74) is -0.310. The van der Waals surface area contributed by atoms with Crippen LogP contribution in [0.4, 0.5) is 4.39 Å². The lowest BCUT2D eigenvalue weighted by molar-refractivity contribution is -0.162. The van der Waals surface area contributed by atoms with Gasteiger partial charge in [0.05, 0.1) is 17.2 Å². The van der Waals surface area contributed by atoms with Crippen molar-refractivity contribution in [3.05, 3.63) is 35.6 Å². The standard InChI is InChI=1S/C26H34FNO3/c1-25-13-11-17(29)15-16(25)7-8-18-20(25)12-14-26(2)21(18)9-10-23(30)28(26)24(31)19-5-3-4-6-22(19)27/h3-6,16-18,20-21,29H,7-15H2,1-2H3/t16?,17-,18+,20-,21-,25-,26-/m0/s1. The lowest BCUT2D eigenvalue weighted by Gasteiger charge is -2.63. The number of rotatable bonds is 1. The van der Waals surface area contributed by atoms with E-state index < -0.39 is 17.3 Å². The Morgan fingerprint density at radius 1 is 1.06 bits per heavy atom. The number of hydrogen-bond acceptors (Lipinski definition) is 3. The lowest BCUT2D eigenvalue weighted by Crippen LogP contribution is -2.66. The molecule has 3 aliphatic carbocycles. The quantitative estimate of drug-likeness (QED) is 0.645. The predicted molar refractivity (Wildman–Crippen MR) is 116 cm³/mol. The van der Waals surface area contributed by atoms with Gasteiger partial charge in [0, 0.05) is 6.42 Å². The number of likely N-dealkylation sites (tertiary alicyclic amines) is 1. The van der Waals surface area contributed by atoms with Crippen molar-refractivity contribution in [1.29, 1.82) is 0 Å². The van der Waals surface area contributed by atoms with Crippen molar-refractivity contribution >= 4 is 11.8 Å². The molecule has 1 aromatic rings. The van der Waals surface area contributed by atoms with Crippen LogP contribution < -0.4 is 0 Å². The summed E-state index contributed by atoms with van der Waals surface area (Å²) in [4.78, 5) is 27.9. The van der Waals surface area contributed by atoms with E-state index in [0.717, 1.165) is 51.4 Å². The molecule has 1 aromatic carbocycles. The second kappa shape index (κ2) is 7.40. The highest BCUT2D eigenvalue weighted by molar-refractivity contribution is 6.06. The first-order valence-electron chi connectivity index (χ1n) is 12.1. The Morgan fingerprint density at radius 3 is 2.61 bits per heavy atom. The van der Waals surface area contributed by atoms with Gasteiger partial charge in [-0.05, 0) is 99.5 Å². The zero-order valence-corrected chi connectivity index (χ0v) is 18.6. The molecule has 1 saturated heterocycles. The minimum Gasteiger partial charge on any atom is -0.393 e. The van der Waals surface area contributed by atoms with Gasteiger partial charge in [-0.2, -0.15) is 0 Å². The average Bonchev–Trinajstić information content (AvgIpc) is 2.73. The van der Waals surface area contributed by atoms with Crippen LogP contribution in [0.2, 0.25) is 0 Å². The monoisotopic (exact) mass is 427 g/mol. The van der Waals surface area contributed by atoms with Crippen LogP contribution in [0.1, 0.15) is 82.0 Å². The molecule has 31 heavy (non-hydrogen) atoms. The Hall–Kier alpha value is -1.75. The average molecular weight is 428 g/mol. The summed E-state index contributed by atoms with van der Waals surface area (Å²) in [5, 5.41) is 10.2. The number of carbonyl (C=O) groups is 2. The molecule has 4 fully saturated rings. The van der Waals surface area contributed by atoms with Crippen molar-refractivity contribution in [1.82, 2.24) is 4.90 Å². The number of halogens is 1. The van der Waals surface area contributed by atoms with Gasteiger partial charge in [0.25, 0.3) is 5.91 Å². The predicted octanol–water partition coefficient (Wildman–Crippen LogP) is 4.95. The maximum atomic E-state index is 14.4. The van der Waals surface area contributed by atoms with Crippen LogP contribution in [0.25, 0.3) is 0 Å². The molecule has 4 nitrogen and oxygen atoms in total. The highest BCUT2D eigenvalue weighted by Crippen LogP contribution is 2.63. The summed E-state index contributed by atoms with van der Waals surface area (Å²) in [6.07, 6.45) is 7.90. The van der Waals surface area contributed by atoms with Crippen molar-refractivity contribution in [2.45, 2.75) is 83.3 Å². The molecule has 1 heterocycles. The first-order chi connectivity index (χ1) is 14.8. The molecular formula is C26H34FNO3. The number of aliphatic hydroxyl groups excluding tert-OH is 1. The van der Waals surface area contributed by atoms with Gasteiger partial charge in [0.15, 0.2) is 0 Å². The molecule has 5 heteroatoms. The summed E-state index contributed by atoms with van der Waals surface area (Å²) in [7, 11) is 0. The van der Waals surface area contributed by atoms with E-state index in [4.69, 9.17) is 0 Å². The van der Waals surface area contributed by atoms with Gasteiger partial charge in [-0.1, -0.05) is 19.1 Å². The van der Waals surface area contributed by atoms with Gasteiger partial charge in [-0.15, -0.1) is 0 Å². The van der Waals surface area contributed by atoms with Gasteiger partial charge in [0.2, 0.25) is 5.91 Å². The number of amides is 2. The fourth-order valence-corrected chi connectivity index (χ4v) is 8.12. The van der Waals surface area contributed by atoms with E-state index >= 15 is 0 Å². The summed E-state index contributed by atoms with van der Waals surface area (Å²) >= 11 is 0. The molecule has 1 N–H and O–H groups in total. The molecule has 168 valence electrons. The SMILES string of the molecule is C[C@]12CC[C@H](O)CC1CC[C@@H]1[C@@H]2CC[C@@]2(C)[C@H]1CCC(=O)N2C(=O)c1ccccc1F. The molecule has 4 aliphatic rings. The Bertz CT molecular complexity index is 902. The normalized spacial score (nSPS) is 42.4. The molecule has 0 bridgehead atoms. The van der Waals surface area contributed by atoms with Crippen LogP contribution in [0, 0.1) is 34.9 Å². The summed E-state index contributed by atoms with van der Waals surface area (Å²) < 4.78 is 14.4. The van der Waals surface area contributed by atoms with Gasteiger partial charge in [-0.25, -0.2) is 4.39 Å². The zero-order chi connectivity index (χ0) is 22.0. The number of imide groups is 1. The molecule has 0 spiro atoms. The van der Waals surface area contributed by atoms with Crippen LogP contribution in [-0.2, 0) is 4.79 Å². The first kappa shape index (κ1) is 21.1. The van der Waals surface area contributed by atoms with Gasteiger partial charge < -0.3 is 5.11 Å². The number of aliphatic hydroxyl groups is 1. The van der Waals surface area contributed by atoms with Crippen molar-refractivity contribution in [2.24, 2.45) is 29.1 Å². The third-order valence-corrected chi connectivity index (χ3v) is 9.73. The van der Waals surface area contributed by atoms with Gasteiger partial charge in [-0.3, -0.25) is 14.5 Å². The minimum absolute atomic E-state index is 0.00298. The molecule has 3 saturated carbocycles. The van der Waals surface area contributed by atoms with Gasteiger partial charge >= 0.3 is 0 Å². The van der Waals surface area contributed by atoms with Crippen LogP contribution in [0.15, 0.2) is 24.3 Å². The number of nitrogens with zero attached hydrogens (tertiary/aromatic N) is 1. The second-order valence-electron chi connectivity index (χ2n) is 11.0. The Labute approximate surface area is 184 Å². The van der Waals surface area contributed by atoms with E-state index in [1.165, 1.54) is 17.0 Å². The van der Waals surface area contributed by atoms with Crippen molar-refractivity contribution in [3.8, 4) is 0 Å². The number of fused-ring (bicyclic) bond motifs is 5. The highest BCUT2D eigenvalue weighted by Gasteiger charge is 2.60. The number of piperidine rings is 1. The Morgan fingerprint density at radius 2 is 1.84 bits per heavy atom. The Kier molecular flexibility index (Phi) is 5.04. The third-order valence-electron chi connectivity index (χ3n) is 9.73. The maximum Gasteiger partial charge on any atom is 0.263 e. The van der Waals surface area contributed by atoms with E-state index in [0.29, 0.717) is 24.2 Å². The fourth-order valence-electron chi connectivity index (χ4n) is 8.12. The molecule has 0 aromatic heterocycles. The van der Waals surface area contributed by atoms with E-state index in [1.807, 2.05) is 0 Å². The summed E-state index contributed by atoms with van der Waals surface area (Å²) in [6.45, 7) is 4.50. The molecule has 1 aliphatic heterocycles. The van der Waals surface area contributed by atoms with E-state index in [2.05, 4.69) is 13.8 Å². The van der Waals surface area contributed by atoms with Crippen molar-refractivity contribution in [3.63, 3.8) is 0 Å². The number of carbonyl (C=O) groups excluding carboxylic acids is 2. The van der Waals surface area contributed by atoms with E-state index in [9.17, 15) is 19.1 Å². The van der Waals surface area contributed by atoms with Crippen LogP contribution in [-0.4, -0.2) is 33.5 Å². The van der Waals surface area contributed by atoms with E-state index in [-0.39, 0.29) is 28.9 Å². The third kappa shape index (κ3) is 3.10. The zero-order valence-electron chi connectivity index (χ0n) is 18.6. The van der Waals surface area contributed by atoms with Crippen LogP contribution in [0.3, 0.4) is 0 Å². The topological polar surface area (TPSA) is 57.6 Å². The summed E-state index contributed by atoms with van der Waals surface area (Å²) in [6, 6.07) is 6.00. The smallest absolute Gasteiger partial charge is 0.263 e. The Balaban J connectivity index is 1.47. The maximum absolute atomic E-state index is 14.4. The lowest BCUT2D eigenvalue weighted by atomic mass is 9.45. The van der Waals surface area contributed by atoms with Crippen molar-refractivity contribution in [2.75, 3.05) is 0 Å². The molecule has 0 radical (unpaired) electrons. The largest absolute Gasteiger partial charge is 0.393 e. The highest BCUT2D eigenvalue weighted by atomic mass is 19.1. The minimum atomic E-state index is -0.562. The second-order valence-corrected chi connectivity index (χ2v) is 11.0. The molecular weight excluding hydrogens is 393 g/mol. The molecule has 1 unspecified atom stereocenters. The summed E-state index contributed by atoms with van der Waals surface area (Å²) in [5.74, 6) is 0.705. The number of hydrogen-bond donors (Lipinski definition) is 1. The molecule has 5 rings (SSSR count). The van der Waals surface area contributed by atoms with Gasteiger partial charge in [0.1, 0.15) is 5.82 Å². The number of benzene rings is 1. The molecule has 2 amide bonds. The van der Waals surface area contributed by atoms with E-state index in [1.54, 1.807) is 12.1 Å².